The fraction of sp³-hybridized carbons (Fsp3) is 0.364. The lowest BCUT2D eigenvalue weighted by molar-refractivity contribution is 0.120. The Labute approximate surface area is 182 Å². The highest BCUT2D eigenvalue weighted by Crippen LogP contribution is 2.32. The summed E-state index contributed by atoms with van der Waals surface area (Å²) >= 11 is 0. The number of nitrogens with zero attached hydrogens (tertiary/aromatic N) is 3. The number of hydrogen-bond donors (Lipinski definition) is 3. The normalized spacial score (nSPS) is 19.5. The number of rotatable bonds is 5. The summed E-state index contributed by atoms with van der Waals surface area (Å²) < 4.78 is 30.5. The van der Waals surface area contributed by atoms with Gasteiger partial charge >= 0.3 is 0 Å². The van der Waals surface area contributed by atoms with Crippen molar-refractivity contribution in [3.63, 3.8) is 0 Å². The largest absolute Gasteiger partial charge is 0.393 e. The molecule has 0 saturated heterocycles. The van der Waals surface area contributed by atoms with E-state index in [-0.39, 0.29) is 17.0 Å². The van der Waals surface area contributed by atoms with Crippen LogP contribution in [0.1, 0.15) is 31.2 Å². The van der Waals surface area contributed by atoms with Crippen molar-refractivity contribution >= 4 is 15.8 Å². The van der Waals surface area contributed by atoms with Gasteiger partial charge in [0.25, 0.3) is 0 Å². The first-order valence-corrected chi connectivity index (χ1v) is 11.8. The Morgan fingerprint density at radius 1 is 1.10 bits per heavy atom. The molecular formula is C22H27N5O3S. The van der Waals surface area contributed by atoms with Crippen LogP contribution in [0.5, 0.6) is 0 Å². The van der Waals surface area contributed by atoms with Crippen molar-refractivity contribution in [3.8, 4) is 22.3 Å². The van der Waals surface area contributed by atoms with Crippen molar-refractivity contribution in [1.82, 2.24) is 19.5 Å². The fourth-order valence-electron chi connectivity index (χ4n) is 3.97. The van der Waals surface area contributed by atoms with Gasteiger partial charge in [-0.1, -0.05) is 6.07 Å². The standard InChI is InChI=1S/C22H27N5O3S/c1-14-3-8-19(31(29,30)26-17-4-6-18(28)7-5-17)10-20(14)15-9-21(22(23)24-11-15)16-12-25-27(2)13-16/h3,8-13,17-18,26,28H,4-7H2,1-2H3,(H2,23,24). The van der Waals surface area contributed by atoms with Crippen molar-refractivity contribution in [2.45, 2.75) is 49.6 Å². The van der Waals surface area contributed by atoms with Gasteiger partial charge in [-0.2, -0.15) is 5.10 Å². The lowest BCUT2D eigenvalue weighted by Crippen LogP contribution is -2.38. The molecule has 1 fully saturated rings. The minimum atomic E-state index is -3.68. The Kier molecular flexibility index (Phi) is 5.83. The highest BCUT2D eigenvalue weighted by molar-refractivity contribution is 7.89. The highest BCUT2D eigenvalue weighted by atomic mass is 32.2. The minimum absolute atomic E-state index is 0.159. The van der Waals surface area contributed by atoms with Crippen LogP contribution >= 0.6 is 0 Å². The number of aromatic nitrogens is 3. The topological polar surface area (TPSA) is 123 Å². The number of aliphatic hydroxyl groups excluding tert-OH is 1. The maximum atomic E-state index is 13.0. The summed E-state index contributed by atoms with van der Waals surface area (Å²) in [6.07, 6.45) is 7.39. The molecule has 0 unspecified atom stereocenters. The second-order valence-electron chi connectivity index (χ2n) is 8.16. The van der Waals surface area contributed by atoms with Crippen LogP contribution in [0.15, 0.2) is 47.8 Å². The van der Waals surface area contributed by atoms with Crippen LogP contribution in [0, 0.1) is 6.92 Å². The zero-order valence-corrected chi connectivity index (χ0v) is 18.4. The van der Waals surface area contributed by atoms with E-state index in [1.54, 1.807) is 35.3 Å². The summed E-state index contributed by atoms with van der Waals surface area (Å²) in [6.45, 7) is 1.93. The van der Waals surface area contributed by atoms with E-state index in [0.717, 1.165) is 27.8 Å². The van der Waals surface area contributed by atoms with Gasteiger partial charge in [-0.3, -0.25) is 4.68 Å². The number of benzene rings is 1. The molecule has 0 spiro atoms. The van der Waals surface area contributed by atoms with Crippen molar-refractivity contribution in [3.05, 3.63) is 48.4 Å². The van der Waals surface area contributed by atoms with Crippen molar-refractivity contribution in [2.75, 3.05) is 5.73 Å². The van der Waals surface area contributed by atoms with Gasteiger partial charge in [-0.15, -0.1) is 0 Å². The van der Waals surface area contributed by atoms with E-state index >= 15 is 0 Å². The minimum Gasteiger partial charge on any atom is -0.393 e. The first-order chi connectivity index (χ1) is 14.7. The Morgan fingerprint density at radius 3 is 2.52 bits per heavy atom. The fourth-order valence-corrected chi connectivity index (χ4v) is 5.31. The quantitative estimate of drug-likeness (QED) is 0.559. The van der Waals surface area contributed by atoms with Gasteiger partial charge in [0, 0.05) is 42.2 Å². The first-order valence-electron chi connectivity index (χ1n) is 10.3. The zero-order chi connectivity index (χ0) is 22.2. The van der Waals surface area contributed by atoms with Crippen LogP contribution in [0.3, 0.4) is 0 Å². The van der Waals surface area contributed by atoms with Crippen LogP contribution in [0.25, 0.3) is 22.3 Å². The van der Waals surface area contributed by atoms with E-state index in [4.69, 9.17) is 5.73 Å². The lowest BCUT2D eigenvalue weighted by atomic mass is 9.94. The number of aryl methyl sites for hydroxylation is 2. The molecule has 3 aromatic rings. The number of pyridine rings is 1. The van der Waals surface area contributed by atoms with Gasteiger partial charge in [0.2, 0.25) is 10.0 Å². The average molecular weight is 442 g/mol. The van der Waals surface area contributed by atoms with E-state index in [2.05, 4.69) is 14.8 Å². The Morgan fingerprint density at radius 2 is 1.84 bits per heavy atom. The van der Waals surface area contributed by atoms with Gasteiger partial charge in [0.1, 0.15) is 5.82 Å². The molecule has 0 aliphatic heterocycles. The molecule has 1 aliphatic carbocycles. The summed E-state index contributed by atoms with van der Waals surface area (Å²) in [7, 11) is -1.85. The van der Waals surface area contributed by atoms with Gasteiger partial charge in [0.15, 0.2) is 0 Å². The molecule has 0 amide bonds. The molecule has 1 aliphatic rings. The monoisotopic (exact) mass is 441 g/mol. The average Bonchev–Trinajstić information content (AvgIpc) is 3.16. The number of nitrogen functional groups attached to an aromatic ring is 1. The maximum absolute atomic E-state index is 13.0. The van der Waals surface area contributed by atoms with Crippen LogP contribution in [-0.4, -0.2) is 40.4 Å². The molecule has 8 nitrogen and oxygen atoms in total. The molecule has 1 saturated carbocycles. The Balaban J connectivity index is 1.67. The summed E-state index contributed by atoms with van der Waals surface area (Å²) in [5, 5.41) is 13.9. The third kappa shape index (κ3) is 4.63. The van der Waals surface area contributed by atoms with Gasteiger partial charge in [0.05, 0.1) is 17.2 Å². The van der Waals surface area contributed by atoms with Crippen LogP contribution < -0.4 is 10.5 Å². The maximum Gasteiger partial charge on any atom is 0.240 e. The second-order valence-corrected chi connectivity index (χ2v) is 9.88. The number of hydrogen-bond acceptors (Lipinski definition) is 6. The van der Waals surface area contributed by atoms with E-state index in [9.17, 15) is 13.5 Å². The summed E-state index contributed by atoms with van der Waals surface area (Å²) in [6, 6.07) is 6.85. The smallest absolute Gasteiger partial charge is 0.240 e. The molecule has 2 aromatic heterocycles. The summed E-state index contributed by atoms with van der Waals surface area (Å²) in [5.41, 5.74) is 10.2. The number of sulfonamides is 1. The second kappa shape index (κ2) is 8.41. The van der Waals surface area contributed by atoms with Gasteiger partial charge < -0.3 is 10.8 Å². The van der Waals surface area contributed by atoms with Gasteiger partial charge in [-0.05, 0) is 61.9 Å². The van der Waals surface area contributed by atoms with Crippen molar-refractivity contribution in [1.29, 1.82) is 0 Å². The van der Waals surface area contributed by atoms with Crippen molar-refractivity contribution < 1.29 is 13.5 Å². The number of anilines is 1. The van der Waals surface area contributed by atoms with Crippen LogP contribution in [-0.2, 0) is 17.1 Å². The van der Waals surface area contributed by atoms with Crippen LogP contribution in [0.4, 0.5) is 5.82 Å². The molecule has 4 N–H and O–H groups in total. The molecule has 31 heavy (non-hydrogen) atoms. The lowest BCUT2D eigenvalue weighted by Gasteiger charge is -2.26. The highest BCUT2D eigenvalue weighted by Gasteiger charge is 2.25. The molecule has 1 aromatic carbocycles. The Hall–Kier alpha value is -2.75. The molecule has 164 valence electrons. The molecule has 0 radical (unpaired) electrons. The SMILES string of the molecule is Cc1ccc(S(=O)(=O)NC2CCC(O)CC2)cc1-c1cnc(N)c(-c2cnn(C)c2)c1. The van der Waals surface area contributed by atoms with Crippen LogP contribution in [0.2, 0.25) is 0 Å². The Bertz CT molecular complexity index is 1200. The number of nitrogens with one attached hydrogen (secondary N) is 1. The molecule has 0 atom stereocenters. The first kappa shape index (κ1) is 21.5. The number of nitrogens with two attached hydrogens (primary N) is 1. The number of aliphatic hydroxyl groups is 1. The molecule has 0 bridgehead atoms. The summed E-state index contributed by atoms with van der Waals surface area (Å²) in [4.78, 5) is 4.53. The predicted molar refractivity (Wildman–Crippen MR) is 120 cm³/mol. The van der Waals surface area contributed by atoms with E-state index in [1.807, 2.05) is 26.2 Å². The van der Waals surface area contributed by atoms with Gasteiger partial charge in [-0.25, -0.2) is 18.1 Å². The van der Waals surface area contributed by atoms with Crippen molar-refractivity contribution in [2.24, 2.45) is 7.05 Å². The molecule has 4 rings (SSSR count). The van der Waals surface area contributed by atoms with E-state index in [0.29, 0.717) is 31.5 Å². The third-order valence-electron chi connectivity index (χ3n) is 5.78. The summed E-state index contributed by atoms with van der Waals surface area (Å²) in [5.74, 6) is 0.388. The van der Waals surface area contributed by atoms with E-state index in [1.165, 1.54) is 0 Å². The third-order valence-corrected chi connectivity index (χ3v) is 7.30. The zero-order valence-electron chi connectivity index (χ0n) is 17.6. The van der Waals surface area contributed by atoms with E-state index < -0.39 is 10.0 Å². The molecular weight excluding hydrogens is 414 g/mol. The predicted octanol–water partition coefficient (Wildman–Crippen LogP) is 2.62. The molecule has 2 heterocycles. The molecule has 9 heteroatoms.